The minimum atomic E-state index is -0.640. The SMILES string of the molecule is C=C(C)COc1c(I)cc(/C=C2\N=C(c3ccc(C)c([N+](=O)[O-])c3)OC2=O)cc1OCC. The average molecular weight is 548 g/mol. The molecular formula is C23H21IN2O6. The van der Waals surface area contributed by atoms with Crippen LogP contribution in [0.2, 0.25) is 0 Å². The van der Waals surface area contributed by atoms with Crippen LogP contribution in [0.15, 0.2) is 53.2 Å². The zero-order valence-corrected chi connectivity index (χ0v) is 20.0. The van der Waals surface area contributed by atoms with Gasteiger partial charge in [0.2, 0.25) is 5.90 Å². The van der Waals surface area contributed by atoms with Gasteiger partial charge in [-0.25, -0.2) is 9.79 Å². The van der Waals surface area contributed by atoms with Crippen LogP contribution in [0.1, 0.15) is 30.5 Å². The molecule has 0 saturated carbocycles. The van der Waals surface area contributed by atoms with Gasteiger partial charge < -0.3 is 14.2 Å². The number of nitro benzene ring substituents is 1. The molecule has 0 fully saturated rings. The highest BCUT2D eigenvalue weighted by atomic mass is 127. The molecule has 2 aromatic carbocycles. The van der Waals surface area contributed by atoms with Crippen LogP contribution in [0.3, 0.4) is 0 Å². The molecule has 9 heteroatoms. The van der Waals surface area contributed by atoms with Crippen molar-refractivity contribution in [1.29, 1.82) is 0 Å². The second kappa shape index (κ2) is 9.94. The molecule has 0 amide bonds. The number of ether oxygens (including phenoxy) is 3. The summed E-state index contributed by atoms with van der Waals surface area (Å²) in [5.41, 5.74) is 2.42. The molecule has 0 spiro atoms. The molecule has 0 atom stereocenters. The van der Waals surface area contributed by atoms with Gasteiger partial charge in [-0.1, -0.05) is 12.6 Å². The lowest BCUT2D eigenvalue weighted by molar-refractivity contribution is -0.385. The van der Waals surface area contributed by atoms with Crippen molar-refractivity contribution < 1.29 is 23.9 Å². The van der Waals surface area contributed by atoms with E-state index in [0.717, 1.165) is 9.14 Å². The van der Waals surface area contributed by atoms with Gasteiger partial charge in [-0.3, -0.25) is 10.1 Å². The van der Waals surface area contributed by atoms with Crippen LogP contribution in [0.25, 0.3) is 6.08 Å². The molecule has 1 aliphatic heterocycles. The molecule has 0 N–H and O–H groups in total. The Morgan fingerprint density at radius 1 is 1.31 bits per heavy atom. The third kappa shape index (κ3) is 5.34. The smallest absolute Gasteiger partial charge is 0.363 e. The third-order valence-electron chi connectivity index (χ3n) is 4.37. The summed E-state index contributed by atoms with van der Waals surface area (Å²) in [5.74, 6) is 0.518. The Hall–Kier alpha value is -3.21. The van der Waals surface area contributed by atoms with Gasteiger partial charge in [0.25, 0.3) is 5.69 Å². The lowest BCUT2D eigenvalue weighted by Gasteiger charge is -2.14. The normalized spacial score (nSPS) is 14.2. The Balaban J connectivity index is 1.96. The van der Waals surface area contributed by atoms with Crippen LogP contribution < -0.4 is 9.47 Å². The highest BCUT2D eigenvalue weighted by Crippen LogP contribution is 2.35. The van der Waals surface area contributed by atoms with E-state index < -0.39 is 10.9 Å². The minimum absolute atomic E-state index is 0.0190. The number of benzene rings is 2. The van der Waals surface area contributed by atoms with E-state index in [2.05, 4.69) is 34.2 Å². The third-order valence-corrected chi connectivity index (χ3v) is 5.17. The quantitative estimate of drug-likeness (QED) is 0.112. The summed E-state index contributed by atoms with van der Waals surface area (Å²) in [7, 11) is 0. The van der Waals surface area contributed by atoms with Gasteiger partial charge in [0, 0.05) is 17.2 Å². The summed E-state index contributed by atoms with van der Waals surface area (Å²) in [6, 6.07) is 8.15. The minimum Gasteiger partial charge on any atom is -0.490 e. The van der Waals surface area contributed by atoms with E-state index in [4.69, 9.17) is 14.2 Å². The number of carbonyl (C=O) groups excluding carboxylic acids is 1. The summed E-state index contributed by atoms with van der Waals surface area (Å²) in [6.07, 6.45) is 1.57. The van der Waals surface area contributed by atoms with Crippen LogP contribution in [-0.4, -0.2) is 30.0 Å². The van der Waals surface area contributed by atoms with Crippen molar-refractivity contribution in [3.8, 4) is 11.5 Å². The van der Waals surface area contributed by atoms with Gasteiger partial charge in [0.15, 0.2) is 17.2 Å². The molecule has 3 rings (SSSR count). The van der Waals surface area contributed by atoms with Crippen LogP contribution in [0, 0.1) is 20.6 Å². The maximum absolute atomic E-state index is 12.4. The van der Waals surface area contributed by atoms with E-state index in [1.807, 2.05) is 19.9 Å². The maximum atomic E-state index is 12.4. The molecule has 1 aliphatic rings. The summed E-state index contributed by atoms with van der Waals surface area (Å²) in [4.78, 5) is 27.4. The van der Waals surface area contributed by atoms with Crippen molar-refractivity contribution in [1.82, 2.24) is 0 Å². The Morgan fingerprint density at radius 3 is 2.72 bits per heavy atom. The fourth-order valence-corrected chi connectivity index (χ4v) is 3.68. The fraction of sp³-hybridized carbons (Fsp3) is 0.217. The Morgan fingerprint density at radius 2 is 2.06 bits per heavy atom. The van der Waals surface area contributed by atoms with E-state index in [9.17, 15) is 14.9 Å². The largest absolute Gasteiger partial charge is 0.490 e. The first kappa shape index (κ1) is 23.5. The number of halogens is 1. The van der Waals surface area contributed by atoms with Crippen LogP contribution in [-0.2, 0) is 9.53 Å². The predicted octanol–water partition coefficient (Wildman–Crippen LogP) is 5.21. The number of hydrogen-bond acceptors (Lipinski definition) is 7. The van der Waals surface area contributed by atoms with Gasteiger partial charge in [-0.05, 0) is 78.8 Å². The standard InChI is InChI=1S/C23H21IN2O6/c1-5-30-20-10-15(8-17(24)21(20)31-12-13(2)3)9-18-23(27)32-22(25-18)16-7-6-14(4)19(11-16)26(28)29/h6-11H,2,5,12H2,1,3-4H3/b18-9-. The van der Waals surface area contributed by atoms with Gasteiger partial charge in [0.1, 0.15) is 6.61 Å². The molecule has 166 valence electrons. The van der Waals surface area contributed by atoms with Crippen molar-refractivity contribution in [2.45, 2.75) is 20.8 Å². The van der Waals surface area contributed by atoms with E-state index >= 15 is 0 Å². The molecule has 0 saturated heterocycles. The predicted molar refractivity (Wildman–Crippen MR) is 129 cm³/mol. The highest BCUT2D eigenvalue weighted by molar-refractivity contribution is 14.1. The summed E-state index contributed by atoms with van der Waals surface area (Å²) in [5, 5.41) is 11.2. The number of aliphatic imine (C=N–C) groups is 1. The van der Waals surface area contributed by atoms with E-state index in [0.29, 0.717) is 41.4 Å². The second-order valence-corrected chi connectivity index (χ2v) is 8.27. The first-order chi connectivity index (χ1) is 15.2. The van der Waals surface area contributed by atoms with Gasteiger partial charge in [-0.2, -0.15) is 0 Å². The number of esters is 1. The number of nitro groups is 1. The number of aryl methyl sites for hydroxylation is 1. The maximum Gasteiger partial charge on any atom is 0.363 e. The van der Waals surface area contributed by atoms with E-state index in [1.165, 1.54) is 6.07 Å². The first-order valence-electron chi connectivity index (χ1n) is 9.71. The molecule has 0 radical (unpaired) electrons. The molecule has 32 heavy (non-hydrogen) atoms. The molecule has 1 heterocycles. The summed E-state index contributed by atoms with van der Waals surface area (Å²) in [6.45, 7) is 10.0. The van der Waals surface area contributed by atoms with Crippen molar-refractivity contribution >= 4 is 46.2 Å². The van der Waals surface area contributed by atoms with Crippen molar-refractivity contribution in [2.75, 3.05) is 13.2 Å². The van der Waals surface area contributed by atoms with Crippen molar-refractivity contribution in [2.24, 2.45) is 4.99 Å². The molecular weight excluding hydrogens is 527 g/mol. The Labute approximate surface area is 198 Å². The monoisotopic (exact) mass is 548 g/mol. The van der Waals surface area contributed by atoms with Gasteiger partial charge in [0.05, 0.1) is 15.1 Å². The number of carbonyl (C=O) groups is 1. The fourth-order valence-electron chi connectivity index (χ4n) is 2.90. The average Bonchev–Trinajstić information content (AvgIpc) is 3.07. The zero-order valence-electron chi connectivity index (χ0n) is 17.8. The van der Waals surface area contributed by atoms with Crippen molar-refractivity contribution in [3.05, 3.63) is 78.6 Å². The summed E-state index contributed by atoms with van der Waals surface area (Å²) >= 11 is 2.14. The molecule has 0 bridgehead atoms. The zero-order chi connectivity index (χ0) is 23.4. The number of nitrogens with zero attached hydrogens (tertiary/aromatic N) is 2. The summed E-state index contributed by atoms with van der Waals surface area (Å²) < 4.78 is 17.6. The van der Waals surface area contributed by atoms with E-state index in [1.54, 1.807) is 31.2 Å². The van der Waals surface area contributed by atoms with Crippen LogP contribution in [0.4, 0.5) is 5.69 Å². The topological polar surface area (TPSA) is 100 Å². The molecule has 0 unspecified atom stereocenters. The molecule has 0 aliphatic carbocycles. The Bertz CT molecular complexity index is 1170. The van der Waals surface area contributed by atoms with E-state index in [-0.39, 0.29) is 17.3 Å². The lowest BCUT2D eigenvalue weighted by Crippen LogP contribution is -2.06. The Kier molecular flexibility index (Phi) is 7.29. The first-order valence-corrected chi connectivity index (χ1v) is 10.8. The second-order valence-electron chi connectivity index (χ2n) is 7.10. The number of rotatable bonds is 8. The van der Waals surface area contributed by atoms with Gasteiger partial charge >= 0.3 is 5.97 Å². The van der Waals surface area contributed by atoms with Crippen LogP contribution in [0.5, 0.6) is 11.5 Å². The highest BCUT2D eigenvalue weighted by Gasteiger charge is 2.26. The molecule has 0 aromatic heterocycles. The van der Waals surface area contributed by atoms with Crippen molar-refractivity contribution in [3.63, 3.8) is 0 Å². The molecule has 8 nitrogen and oxygen atoms in total. The van der Waals surface area contributed by atoms with Gasteiger partial charge in [-0.15, -0.1) is 0 Å². The molecule has 2 aromatic rings. The number of cyclic esters (lactones) is 1. The van der Waals surface area contributed by atoms with Crippen LogP contribution >= 0.6 is 22.6 Å². The lowest BCUT2D eigenvalue weighted by atomic mass is 10.1. The number of hydrogen-bond donors (Lipinski definition) is 0.